The van der Waals surface area contributed by atoms with E-state index in [1.165, 1.54) is 0 Å². The standard InChI is InChI=1S/Gd.H3O4P.H2O/c;1-5(2,3)4;/h;(H3,1,2,3,4);1H2. The van der Waals surface area contributed by atoms with E-state index >= 15 is 0 Å². The number of hydrogen-bond acceptors (Lipinski definition) is 1. The Bertz CT molecular complexity index is 54.2. The van der Waals surface area contributed by atoms with Crippen LogP contribution in [0.15, 0.2) is 0 Å². The predicted molar refractivity (Wildman–Crippen MR) is 17.9 cm³/mol. The van der Waals surface area contributed by atoms with Gasteiger partial charge in [0.25, 0.3) is 0 Å². The molecule has 5 N–H and O–H groups in total. The summed E-state index contributed by atoms with van der Waals surface area (Å²) in [5.74, 6) is 0. The van der Waals surface area contributed by atoms with E-state index in [0.717, 1.165) is 0 Å². The van der Waals surface area contributed by atoms with Crippen molar-refractivity contribution in [2.75, 3.05) is 0 Å². The minimum Gasteiger partial charge on any atom is -0.412 e. The quantitative estimate of drug-likeness (QED) is 0.454. The summed E-state index contributed by atoms with van der Waals surface area (Å²) in [5.41, 5.74) is 0. The van der Waals surface area contributed by atoms with Gasteiger partial charge >= 0.3 is 7.82 Å². The SMILES string of the molecule is O.O=P(O)(O)O.[Gd]. The first-order chi connectivity index (χ1) is 2.00. The van der Waals surface area contributed by atoms with Crippen LogP contribution in [0.2, 0.25) is 0 Å². The first kappa shape index (κ1) is 15.8. The largest absolute Gasteiger partial charge is 0.466 e. The molecule has 0 aromatic carbocycles. The zero-order chi connectivity index (χ0) is 4.50. The average Bonchev–Trinajstić information content (AvgIpc) is 0.722. The van der Waals surface area contributed by atoms with Crippen LogP contribution in [0.4, 0.5) is 0 Å². The zero-order valence-electron chi connectivity index (χ0n) is 3.05. The Morgan fingerprint density at radius 3 is 1.14 bits per heavy atom. The van der Waals surface area contributed by atoms with Gasteiger partial charge in [0.05, 0.1) is 0 Å². The van der Waals surface area contributed by atoms with Crippen LogP contribution in [0.5, 0.6) is 0 Å². The number of phosphoric acid groups is 1. The molecule has 0 amide bonds. The van der Waals surface area contributed by atoms with Crippen molar-refractivity contribution < 1.29 is 64.7 Å². The van der Waals surface area contributed by atoms with E-state index in [1.54, 1.807) is 0 Å². The van der Waals surface area contributed by atoms with E-state index in [-0.39, 0.29) is 45.4 Å². The first-order valence-corrected chi connectivity index (χ1v) is 2.35. The van der Waals surface area contributed by atoms with Crippen molar-refractivity contribution in [2.24, 2.45) is 0 Å². The summed E-state index contributed by atoms with van der Waals surface area (Å²) in [4.78, 5) is 21.6. The number of rotatable bonds is 0. The fourth-order valence-corrected chi connectivity index (χ4v) is 0. The fourth-order valence-electron chi connectivity index (χ4n) is 0. The molecule has 0 unspecified atom stereocenters. The van der Waals surface area contributed by atoms with Crippen molar-refractivity contribution >= 4 is 7.82 Å². The van der Waals surface area contributed by atoms with Crippen LogP contribution < -0.4 is 0 Å². The summed E-state index contributed by atoms with van der Waals surface area (Å²) in [6.45, 7) is 0. The van der Waals surface area contributed by atoms with Crippen LogP contribution in [-0.4, -0.2) is 20.2 Å². The summed E-state index contributed by atoms with van der Waals surface area (Å²) in [6, 6.07) is 0. The Hall–Kier alpha value is 1.39. The fraction of sp³-hybridized carbons (Fsp3) is 0. The van der Waals surface area contributed by atoms with Crippen molar-refractivity contribution in [2.45, 2.75) is 0 Å². The van der Waals surface area contributed by atoms with Gasteiger partial charge in [0.1, 0.15) is 0 Å². The van der Waals surface area contributed by atoms with Gasteiger partial charge in [0, 0.05) is 39.9 Å². The maximum absolute atomic E-state index is 8.88. The van der Waals surface area contributed by atoms with Crippen LogP contribution in [0.1, 0.15) is 0 Å². The third-order valence-electron chi connectivity index (χ3n) is 0. The molecule has 48 valence electrons. The predicted octanol–water partition coefficient (Wildman–Crippen LogP) is -1.75. The maximum Gasteiger partial charge on any atom is 0.466 e. The molecular formula is H5GdO5P. The molecular weight excluding hydrogens is 268 g/mol. The molecule has 0 bridgehead atoms. The molecule has 0 aliphatic heterocycles. The molecule has 0 aliphatic rings. The average molecular weight is 273 g/mol. The normalized spacial score (nSPS) is 8.43. The molecule has 7 heteroatoms. The minimum atomic E-state index is -4.64. The zero-order valence-corrected chi connectivity index (χ0v) is 6.21. The van der Waals surface area contributed by atoms with Gasteiger partial charge in [-0.3, -0.25) is 0 Å². The van der Waals surface area contributed by atoms with Crippen molar-refractivity contribution in [3.8, 4) is 0 Å². The molecule has 0 atom stereocenters. The summed E-state index contributed by atoms with van der Waals surface area (Å²) in [5, 5.41) is 0. The van der Waals surface area contributed by atoms with Gasteiger partial charge in [-0.05, 0) is 0 Å². The second kappa shape index (κ2) is 5.53. The van der Waals surface area contributed by atoms with Gasteiger partial charge in [-0.2, -0.15) is 0 Å². The molecule has 0 saturated carbocycles. The second-order valence-corrected chi connectivity index (χ2v) is 1.54. The summed E-state index contributed by atoms with van der Waals surface area (Å²) < 4.78 is 8.88. The van der Waals surface area contributed by atoms with Crippen LogP contribution in [0.25, 0.3) is 0 Å². The Morgan fingerprint density at radius 2 is 1.14 bits per heavy atom. The van der Waals surface area contributed by atoms with Gasteiger partial charge in [-0.1, -0.05) is 0 Å². The molecule has 5 nitrogen and oxygen atoms in total. The van der Waals surface area contributed by atoms with Crippen molar-refractivity contribution in [1.82, 2.24) is 0 Å². The van der Waals surface area contributed by atoms with E-state index < -0.39 is 7.82 Å². The number of hydrogen-bond donors (Lipinski definition) is 3. The van der Waals surface area contributed by atoms with E-state index in [9.17, 15) is 0 Å². The topological polar surface area (TPSA) is 109 Å². The molecule has 0 saturated heterocycles. The van der Waals surface area contributed by atoms with Crippen LogP contribution >= 0.6 is 7.82 Å². The third-order valence-corrected chi connectivity index (χ3v) is 0. The Kier molecular flexibility index (Phi) is 12.5. The molecule has 0 heterocycles. The molecule has 0 radical (unpaired) electrons. The summed E-state index contributed by atoms with van der Waals surface area (Å²) in [6.07, 6.45) is 0. The molecule has 0 aromatic heterocycles. The second-order valence-electron chi connectivity index (χ2n) is 0.513. The summed E-state index contributed by atoms with van der Waals surface area (Å²) in [7, 11) is -4.64. The Morgan fingerprint density at radius 1 is 1.14 bits per heavy atom. The van der Waals surface area contributed by atoms with E-state index in [1.807, 2.05) is 0 Å². The molecule has 0 fully saturated rings. The van der Waals surface area contributed by atoms with Crippen LogP contribution in [0.3, 0.4) is 0 Å². The molecule has 0 aromatic rings. The van der Waals surface area contributed by atoms with E-state index in [4.69, 9.17) is 19.2 Å². The van der Waals surface area contributed by atoms with Gasteiger partial charge < -0.3 is 20.2 Å². The minimum absolute atomic E-state index is 0. The van der Waals surface area contributed by atoms with Gasteiger partial charge in [0.15, 0.2) is 0 Å². The van der Waals surface area contributed by atoms with Crippen molar-refractivity contribution in [3.05, 3.63) is 0 Å². The molecule has 7 heavy (non-hydrogen) atoms. The summed E-state index contributed by atoms with van der Waals surface area (Å²) >= 11 is 0. The first-order valence-electron chi connectivity index (χ1n) is 0.783. The Labute approximate surface area is 72.0 Å². The van der Waals surface area contributed by atoms with E-state index in [0.29, 0.717) is 0 Å². The van der Waals surface area contributed by atoms with Crippen molar-refractivity contribution in [1.29, 1.82) is 0 Å². The van der Waals surface area contributed by atoms with Gasteiger partial charge in [-0.25, -0.2) is 4.57 Å². The molecule has 0 rings (SSSR count). The van der Waals surface area contributed by atoms with Crippen molar-refractivity contribution in [3.63, 3.8) is 0 Å². The van der Waals surface area contributed by atoms with Crippen LogP contribution in [-0.2, 0) is 4.57 Å². The van der Waals surface area contributed by atoms with Gasteiger partial charge in [0.2, 0.25) is 0 Å². The molecule has 0 aliphatic carbocycles. The van der Waals surface area contributed by atoms with Gasteiger partial charge in [-0.15, -0.1) is 0 Å². The maximum atomic E-state index is 8.88. The van der Waals surface area contributed by atoms with E-state index in [2.05, 4.69) is 0 Å². The Balaban J connectivity index is -0.0000000800. The van der Waals surface area contributed by atoms with Crippen LogP contribution in [0, 0.1) is 39.9 Å². The third kappa shape index (κ3) is 111. The molecule has 0 spiro atoms. The smallest absolute Gasteiger partial charge is 0.412 e. The monoisotopic (exact) mass is 274 g/mol.